The predicted octanol–water partition coefficient (Wildman–Crippen LogP) is 1.64. The fourth-order valence-corrected chi connectivity index (χ4v) is 5.14. The topological polar surface area (TPSA) is 112 Å². The number of amides is 3. The molecule has 0 saturated carbocycles. The van der Waals surface area contributed by atoms with E-state index >= 15 is 0 Å². The highest BCUT2D eigenvalue weighted by Gasteiger charge is 2.38. The summed E-state index contributed by atoms with van der Waals surface area (Å²) in [5.41, 5.74) is 2.68. The lowest BCUT2D eigenvalue weighted by Gasteiger charge is -2.41. The standard InChI is InChI=1S/C30H35N7O3/c38-28-14-8-16-36-21-25(33-34-36)20-31-29(39)27-22-35(15-7-13-23-9-3-1-4-10-23)17-18-37(27)30(40)26(32-28)19-24-11-5-2-6-12-24/h1-7,9-13,21,26-27H,8,14-20,22H2,(H,31,39)(H,32,38)/b13-7+/t26-,27+/m0/s1. The van der Waals surface area contributed by atoms with Gasteiger partial charge in [0.05, 0.1) is 12.7 Å². The van der Waals surface area contributed by atoms with E-state index in [1.807, 2.05) is 60.7 Å². The SMILES string of the molecule is O=C1CCCn2cc(nn2)CNC(=O)[C@H]2CN(C/C=C/c3ccccc3)CCN2C(=O)[C@H](Cc2ccccc2)N1. The Labute approximate surface area is 234 Å². The molecule has 2 aliphatic heterocycles. The third kappa shape index (κ3) is 7.20. The van der Waals surface area contributed by atoms with Gasteiger partial charge in [-0.2, -0.15) is 0 Å². The Balaban J connectivity index is 1.37. The van der Waals surface area contributed by atoms with Crippen LogP contribution in [0.5, 0.6) is 0 Å². The van der Waals surface area contributed by atoms with Crippen LogP contribution in [0.15, 0.2) is 72.9 Å². The molecule has 0 unspecified atom stereocenters. The van der Waals surface area contributed by atoms with Gasteiger partial charge in [-0.3, -0.25) is 24.0 Å². The monoisotopic (exact) mass is 541 g/mol. The number of nitrogens with zero attached hydrogens (tertiary/aromatic N) is 5. The average molecular weight is 542 g/mol. The van der Waals surface area contributed by atoms with Crippen molar-refractivity contribution in [3.05, 3.63) is 89.8 Å². The molecule has 5 rings (SSSR count). The van der Waals surface area contributed by atoms with Crippen LogP contribution in [-0.2, 0) is 33.9 Å². The number of carbonyl (C=O) groups is 3. The summed E-state index contributed by atoms with van der Waals surface area (Å²) in [6, 6.07) is 18.2. The van der Waals surface area contributed by atoms with Crippen molar-refractivity contribution in [2.75, 3.05) is 26.2 Å². The summed E-state index contributed by atoms with van der Waals surface area (Å²) in [7, 11) is 0. The third-order valence-corrected chi connectivity index (χ3v) is 7.26. The smallest absolute Gasteiger partial charge is 0.246 e. The number of aryl methyl sites for hydroxylation is 1. The number of hydrogen-bond acceptors (Lipinski definition) is 6. The summed E-state index contributed by atoms with van der Waals surface area (Å²) in [5.74, 6) is -0.689. The molecule has 10 heteroatoms. The first-order chi connectivity index (χ1) is 19.5. The maximum Gasteiger partial charge on any atom is 0.246 e. The van der Waals surface area contributed by atoms with Gasteiger partial charge in [-0.05, 0) is 17.5 Å². The van der Waals surface area contributed by atoms with Gasteiger partial charge in [-0.1, -0.05) is 78.0 Å². The van der Waals surface area contributed by atoms with Crippen molar-refractivity contribution < 1.29 is 14.4 Å². The summed E-state index contributed by atoms with van der Waals surface area (Å²) >= 11 is 0. The van der Waals surface area contributed by atoms with Gasteiger partial charge in [0.1, 0.15) is 17.8 Å². The Hall–Kier alpha value is -4.31. The Morgan fingerprint density at radius 1 is 0.950 bits per heavy atom. The predicted molar refractivity (Wildman–Crippen MR) is 151 cm³/mol. The minimum Gasteiger partial charge on any atom is -0.348 e. The number of rotatable bonds is 5. The normalized spacial score (nSPS) is 21.3. The fourth-order valence-electron chi connectivity index (χ4n) is 5.14. The summed E-state index contributed by atoms with van der Waals surface area (Å²) in [5, 5.41) is 14.2. The van der Waals surface area contributed by atoms with Gasteiger partial charge in [0.15, 0.2) is 0 Å². The van der Waals surface area contributed by atoms with Crippen molar-refractivity contribution in [3.63, 3.8) is 0 Å². The van der Waals surface area contributed by atoms with E-state index in [-0.39, 0.29) is 30.7 Å². The van der Waals surface area contributed by atoms with Crippen LogP contribution in [0.1, 0.15) is 29.7 Å². The molecule has 2 aromatic carbocycles. The zero-order chi connectivity index (χ0) is 27.7. The summed E-state index contributed by atoms with van der Waals surface area (Å²) in [4.78, 5) is 44.2. The number of aromatic nitrogens is 3. The number of hydrogen-bond donors (Lipinski definition) is 2. The molecule has 2 aliphatic rings. The van der Waals surface area contributed by atoms with Gasteiger partial charge in [0, 0.05) is 45.6 Å². The van der Waals surface area contributed by atoms with Crippen LogP contribution >= 0.6 is 0 Å². The van der Waals surface area contributed by atoms with Crippen LogP contribution in [0, 0.1) is 0 Å². The number of benzene rings is 2. The molecule has 208 valence electrons. The number of carbonyl (C=O) groups excluding carboxylic acids is 3. The van der Waals surface area contributed by atoms with Crippen molar-refractivity contribution in [2.24, 2.45) is 0 Å². The van der Waals surface area contributed by atoms with E-state index in [1.54, 1.807) is 15.8 Å². The lowest BCUT2D eigenvalue weighted by atomic mass is 10.0. The van der Waals surface area contributed by atoms with Gasteiger partial charge in [0.2, 0.25) is 17.7 Å². The highest BCUT2D eigenvalue weighted by molar-refractivity contribution is 5.92. The Morgan fingerprint density at radius 3 is 2.52 bits per heavy atom. The molecule has 2 N–H and O–H groups in total. The molecule has 0 aliphatic carbocycles. The van der Waals surface area contributed by atoms with Crippen molar-refractivity contribution in [1.82, 2.24) is 35.4 Å². The van der Waals surface area contributed by atoms with Gasteiger partial charge < -0.3 is 15.5 Å². The second kappa shape index (κ2) is 13.2. The van der Waals surface area contributed by atoms with E-state index in [1.165, 1.54) is 0 Å². The molecule has 0 radical (unpaired) electrons. The summed E-state index contributed by atoms with van der Waals surface area (Å²) in [6.07, 6.45) is 7.09. The van der Waals surface area contributed by atoms with E-state index in [9.17, 15) is 14.4 Å². The molecule has 10 nitrogen and oxygen atoms in total. The largest absolute Gasteiger partial charge is 0.348 e. The second-order valence-electron chi connectivity index (χ2n) is 10.2. The van der Waals surface area contributed by atoms with E-state index in [0.717, 1.165) is 11.1 Å². The summed E-state index contributed by atoms with van der Waals surface area (Å²) < 4.78 is 1.68. The first kappa shape index (κ1) is 27.3. The maximum absolute atomic E-state index is 14.0. The molecule has 40 heavy (non-hydrogen) atoms. The molecule has 1 aromatic heterocycles. The van der Waals surface area contributed by atoms with E-state index in [4.69, 9.17) is 0 Å². The number of nitrogens with one attached hydrogen (secondary N) is 2. The Bertz CT molecular complexity index is 1330. The molecule has 3 aromatic rings. The van der Waals surface area contributed by atoms with Crippen LogP contribution in [0.25, 0.3) is 6.08 Å². The van der Waals surface area contributed by atoms with Crippen LogP contribution in [0.3, 0.4) is 0 Å². The highest BCUT2D eigenvalue weighted by atomic mass is 16.2. The lowest BCUT2D eigenvalue weighted by Crippen LogP contribution is -2.63. The number of piperazine rings is 1. The fraction of sp³-hybridized carbons (Fsp3) is 0.367. The number of fused-ring (bicyclic) bond motifs is 3. The quantitative estimate of drug-likeness (QED) is 0.508. The van der Waals surface area contributed by atoms with E-state index in [0.29, 0.717) is 51.3 Å². The third-order valence-electron chi connectivity index (χ3n) is 7.26. The van der Waals surface area contributed by atoms with Crippen molar-refractivity contribution in [2.45, 2.75) is 44.4 Å². The molecular formula is C30H35N7O3. The molecule has 3 heterocycles. The zero-order valence-electron chi connectivity index (χ0n) is 22.5. The van der Waals surface area contributed by atoms with Gasteiger partial charge >= 0.3 is 0 Å². The van der Waals surface area contributed by atoms with Gasteiger partial charge in [-0.25, -0.2) is 0 Å². The van der Waals surface area contributed by atoms with Gasteiger partial charge in [0.25, 0.3) is 0 Å². The molecular weight excluding hydrogens is 506 g/mol. The molecule has 1 fully saturated rings. The molecule has 0 spiro atoms. The highest BCUT2D eigenvalue weighted by Crippen LogP contribution is 2.16. The zero-order valence-corrected chi connectivity index (χ0v) is 22.5. The first-order valence-corrected chi connectivity index (χ1v) is 13.8. The minimum absolute atomic E-state index is 0.199. The summed E-state index contributed by atoms with van der Waals surface area (Å²) in [6.45, 7) is 2.78. The minimum atomic E-state index is -0.766. The van der Waals surface area contributed by atoms with Crippen molar-refractivity contribution >= 4 is 23.8 Å². The second-order valence-corrected chi connectivity index (χ2v) is 10.2. The maximum atomic E-state index is 14.0. The van der Waals surface area contributed by atoms with Crippen LogP contribution in [0.2, 0.25) is 0 Å². The van der Waals surface area contributed by atoms with Gasteiger partial charge in [-0.15, -0.1) is 5.10 Å². The van der Waals surface area contributed by atoms with Crippen molar-refractivity contribution in [3.8, 4) is 0 Å². The van der Waals surface area contributed by atoms with Crippen molar-refractivity contribution in [1.29, 1.82) is 0 Å². The first-order valence-electron chi connectivity index (χ1n) is 13.8. The molecule has 2 bridgehead atoms. The lowest BCUT2D eigenvalue weighted by molar-refractivity contribution is -0.146. The Morgan fingerprint density at radius 2 is 1.73 bits per heavy atom. The Kier molecular flexibility index (Phi) is 8.97. The van der Waals surface area contributed by atoms with Crippen LogP contribution in [0.4, 0.5) is 0 Å². The molecule has 3 amide bonds. The van der Waals surface area contributed by atoms with E-state index in [2.05, 4.69) is 38.0 Å². The van der Waals surface area contributed by atoms with E-state index < -0.39 is 12.1 Å². The van der Waals surface area contributed by atoms with Crippen LogP contribution < -0.4 is 10.6 Å². The molecule has 1 saturated heterocycles. The molecule has 2 atom stereocenters. The van der Waals surface area contributed by atoms with Crippen LogP contribution in [-0.4, -0.2) is 80.8 Å². The average Bonchev–Trinajstić information content (AvgIpc) is 3.43.